The number of hydrogen-bond donors (Lipinski definition) is 1. The number of amidine groups is 1. The van der Waals surface area contributed by atoms with E-state index in [0.29, 0.717) is 6.73 Å². The molecule has 2 rings (SSSR count). The minimum atomic E-state index is 0.409. The zero-order chi connectivity index (χ0) is 9.80. The SMILES string of the molecule is CCCc1ccc(C2=NCON2)cc1. The second-order valence-electron chi connectivity index (χ2n) is 3.33. The monoisotopic (exact) mass is 190 g/mol. The van der Waals surface area contributed by atoms with Crippen LogP contribution in [0.5, 0.6) is 0 Å². The predicted molar refractivity (Wildman–Crippen MR) is 56.1 cm³/mol. The van der Waals surface area contributed by atoms with Crippen LogP contribution in [0.4, 0.5) is 0 Å². The molecule has 0 atom stereocenters. The Morgan fingerprint density at radius 3 is 2.71 bits per heavy atom. The molecule has 3 heteroatoms. The van der Waals surface area contributed by atoms with E-state index in [1.807, 2.05) is 0 Å². The topological polar surface area (TPSA) is 33.6 Å². The van der Waals surface area contributed by atoms with Gasteiger partial charge in [0.2, 0.25) is 0 Å². The van der Waals surface area contributed by atoms with Gasteiger partial charge in [-0.1, -0.05) is 37.6 Å². The van der Waals surface area contributed by atoms with Gasteiger partial charge in [-0.15, -0.1) is 0 Å². The van der Waals surface area contributed by atoms with E-state index in [1.165, 1.54) is 12.0 Å². The van der Waals surface area contributed by atoms with Gasteiger partial charge in [-0.25, -0.2) is 10.5 Å². The first-order valence-corrected chi connectivity index (χ1v) is 4.91. The van der Waals surface area contributed by atoms with E-state index in [4.69, 9.17) is 4.84 Å². The number of benzene rings is 1. The molecule has 0 unspecified atom stereocenters. The molecular weight excluding hydrogens is 176 g/mol. The van der Waals surface area contributed by atoms with Crippen LogP contribution in [0.1, 0.15) is 24.5 Å². The summed E-state index contributed by atoms with van der Waals surface area (Å²) in [6.45, 7) is 2.59. The molecule has 0 aliphatic carbocycles. The molecule has 74 valence electrons. The van der Waals surface area contributed by atoms with Gasteiger partial charge in [-0.05, 0) is 12.0 Å². The molecule has 1 aliphatic heterocycles. The first kappa shape index (κ1) is 9.21. The van der Waals surface area contributed by atoms with E-state index in [0.717, 1.165) is 17.8 Å². The maximum absolute atomic E-state index is 4.94. The highest BCUT2D eigenvalue weighted by atomic mass is 16.7. The molecule has 0 bridgehead atoms. The van der Waals surface area contributed by atoms with Crippen molar-refractivity contribution in [2.24, 2.45) is 4.99 Å². The minimum absolute atomic E-state index is 0.409. The van der Waals surface area contributed by atoms with Gasteiger partial charge in [0.25, 0.3) is 0 Å². The Kier molecular flexibility index (Phi) is 2.79. The van der Waals surface area contributed by atoms with Crippen molar-refractivity contribution < 1.29 is 4.84 Å². The molecule has 1 aromatic rings. The second-order valence-corrected chi connectivity index (χ2v) is 3.33. The molecule has 0 amide bonds. The molecule has 0 radical (unpaired) electrons. The molecule has 0 saturated heterocycles. The molecule has 1 aromatic carbocycles. The summed E-state index contributed by atoms with van der Waals surface area (Å²) in [6, 6.07) is 8.43. The zero-order valence-corrected chi connectivity index (χ0v) is 8.29. The summed E-state index contributed by atoms with van der Waals surface area (Å²) in [5.41, 5.74) is 5.23. The Morgan fingerprint density at radius 1 is 1.36 bits per heavy atom. The minimum Gasteiger partial charge on any atom is -0.251 e. The average Bonchev–Trinajstić information content (AvgIpc) is 2.72. The molecular formula is C11H14N2O. The highest BCUT2D eigenvalue weighted by Gasteiger charge is 2.07. The van der Waals surface area contributed by atoms with Gasteiger partial charge in [0, 0.05) is 5.56 Å². The van der Waals surface area contributed by atoms with E-state index in [9.17, 15) is 0 Å². The summed E-state index contributed by atoms with van der Waals surface area (Å²) in [6.07, 6.45) is 2.32. The van der Waals surface area contributed by atoms with Gasteiger partial charge in [0.15, 0.2) is 12.6 Å². The van der Waals surface area contributed by atoms with Crippen LogP contribution >= 0.6 is 0 Å². The van der Waals surface area contributed by atoms with Crippen LogP contribution in [0, 0.1) is 0 Å². The molecule has 1 heterocycles. The van der Waals surface area contributed by atoms with Crippen molar-refractivity contribution in [1.29, 1.82) is 0 Å². The quantitative estimate of drug-likeness (QED) is 0.789. The highest BCUT2D eigenvalue weighted by molar-refractivity contribution is 5.98. The van der Waals surface area contributed by atoms with Crippen molar-refractivity contribution in [3.8, 4) is 0 Å². The Balaban J connectivity index is 2.13. The van der Waals surface area contributed by atoms with Crippen LogP contribution in [0.25, 0.3) is 0 Å². The van der Waals surface area contributed by atoms with E-state index in [1.54, 1.807) is 0 Å². The van der Waals surface area contributed by atoms with Crippen molar-refractivity contribution in [1.82, 2.24) is 5.48 Å². The van der Waals surface area contributed by atoms with Crippen LogP contribution in [-0.2, 0) is 11.3 Å². The standard InChI is InChI=1S/C11H14N2O/c1-2-3-9-4-6-10(7-5-9)11-12-8-14-13-11/h4-7H,2-3,8H2,1H3,(H,12,13). The average molecular weight is 190 g/mol. The Bertz CT molecular complexity index is 330. The number of aliphatic imine (C=N–C) groups is 1. The molecule has 0 spiro atoms. The van der Waals surface area contributed by atoms with Crippen LogP contribution in [0.2, 0.25) is 0 Å². The summed E-state index contributed by atoms with van der Waals surface area (Å²) in [5.74, 6) is 0.827. The van der Waals surface area contributed by atoms with Gasteiger partial charge in [-0.3, -0.25) is 4.84 Å². The smallest absolute Gasteiger partial charge is 0.167 e. The van der Waals surface area contributed by atoms with Crippen molar-refractivity contribution in [2.75, 3.05) is 6.73 Å². The number of hydrogen-bond acceptors (Lipinski definition) is 3. The Morgan fingerprint density at radius 2 is 2.14 bits per heavy atom. The van der Waals surface area contributed by atoms with Gasteiger partial charge >= 0.3 is 0 Å². The maximum Gasteiger partial charge on any atom is 0.167 e. The summed E-state index contributed by atoms with van der Waals surface area (Å²) in [4.78, 5) is 9.10. The van der Waals surface area contributed by atoms with Crippen LogP contribution in [-0.4, -0.2) is 12.6 Å². The lowest BCUT2D eigenvalue weighted by Gasteiger charge is -2.02. The number of nitrogens with one attached hydrogen (secondary N) is 1. The van der Waals surface area contributed by atoms with Gasteiger partial charge in [0.05, 0.1) is 0 Å². The normalized spacial score (nSPS) is 15.1. The van der Waals surface area contributed by atoms with E-state index in [2.05, 4.69) is 41.7 Å². The summed E-state index contributed by atoms with van der Waals surface area (Å²) in [5, 5.41) is 0. The Hall–Kier alpha value is -1.35. The first-order valence-electron chi connectivity index (χ1n) is 4.91. The van der Waals surface area contributed by atoms with Crippen LogP contribution in [0.3, 0.4) is 0 Å². The molecule has 0 fully saturated rings. The number of hydroxylamine groups is 1. The lowest BCUT2D eigenvalue weighted by molar-refractivity contribution is 0.115. The zero-order valence-electron chi connectivity index (χ0n) is 8.29. The molecule has 1 N–H and O–H groups in total. The van der Waals surface area contributed by atoms with E-state index < -0.39 is 0 Å². The number of nitrogens with zero attached hydrogens (tertiary/aromatic N) is 1. The summed E-state index contributed by atoms with van der Waals surface area (Å²) >= 11 is 0. The fraction of sp³-hybridized carbons (Fsp3) is 0.364. The van der Waals surface area contributed by atoms with E-state index >= 15 is 0 Å². The Labute approximate surface area is 83.8 Å². The third kappa shape index (κ3) is 1.93. The molecule has 1 aliphatic rings. The fourth-order valence-electron chi connectivity index (χ4n) is 1.50. The molecule has 0 aromatic heterocycles. The highest BCUT2D eigenvalue weighted by Crippen LogP contribution is 2.08. The fourth-order valence-corrected chi connectivity index (χ4v) is 1.50. The first-order chi connectivity index (χ1) is 6.90. The van der Waals surface area contributed by atoms with Crippen LogP contribution < -0.4 is 5.48 Å². The predicted octanol–water partition coefficient (Wildman–Crippen LogP) is 1.88. The molecule has 3 nitrogen and oxygen atoms in total. The van der Waals surface area contributed by atoms with Crippen molar-refractivity contribution in [3.05, 3.63) is 35.4 Å². The lowest BCUT2D eigenvalue weighted by atomic mass is 10.1. The number of aryl methyl sites for hydroxylation is 1. The molecule has 14 heavy (non-hydrogen) atoms. The lowest BCUT2D eigenvalue weighted by Crippen LogP contribution is -2.17. The van der Waals surface area contributed by atoms with Gasteiger partial charge < -0.3 is 0 Å². The summed E-state index contributed by atoms with van der Waals surface area (Å²) < 4.78 is 0. The van der Waals surface area contributed by atoms with Crippen molar-refractivity contribution in [3.63, 3.8) is 0 Å². The summed E-state index contributed by atoms with van der Waals surface area (Å²) in [7, 11) is 0. The number of rotatable bonds is 3. The van der Waals surface area contributed by atoms with Crippen molar-refractivity contribution in [2.45, 2.75) is 19.8 Å². The third-order valence-electron chi connectivity index (χ3n) is 2.22. The van der Waals surface area contributed by atoms with Crippen molar-refractivity contribution >= 4 is 5.84 Å². The van der Waals surface area contributed by atoms with Gasteiger partial charge in [-0.2, -0.15) is 0 Å². The molecule has 0 saturated carbocycles. The third-order valence-corrected chi connectivity index (χ3v) is 2.22. The second kappa shape index (κ2) is 4.24. The van der Waals surface area contributed by atoms with E-state index in [-0.39, 0.29) is 0 Å². The van der Waals surface area contributed by atoms with Gasteiger partial charge in [0.1, 0.15) is 0 Å². The van der Waals surface area contributed by atoms with Crippen LogP contribution in [0.15, 0.2) is 29.3 Å². The maximum atomic E-state index is 4.94. The largest absolute Gasteiger partial charge is 0.251 e.